The molecule has 30 heavy (non-hydrogen) atoms. The van der Waals surface area contributed by atoms with Crippen LogP contribution in [0.5, 0.6) is 0 Å². The molecule has 1 saturated heterocycles. The van der Waals surface area contributed by atoms with Crippen molar-refractivity contribution in [2.45, 2.75) is 32.3 Å². The minimum Gasteiger partial charge on any atom is -0.445 e. The zero-order chi connectivity index (χ0) is 21.7. The summed E-state index contributed by atoms with van der Waals surface area (Å²) >= 11 is 11.9. The first-order valence-corrected chi connectivity index (χ1v) is 10.5. The summed E-state index contributed by atoms with van der Waals surface area (Å²) in [5, 5.41) is 4.51. The number of piperidine rings is 1. The van der Waals surface area contributed by atoms with Crippen LogP contribution in [0.2, 0.25) is 10.0 Å². The van der Waals surface area contributed by atoms with E-state index in [4.69, 9.17) is 27.9 Å². The van der Waals surface area contributed by atoms with Gasteiger partial charge < -0.3 is 19.4 Å². The monoisotopic (exact) mass is 455 g/mol. The molecule has 162 valence electrons. The number of amides is 2. The van der Waals surface area contributed by atoms with Crippen molar-refractivity contribution in [1.29, 1.82) is 0 Å². The fraction of sp³-hybridized carbons (Fsp3) is 0.500. The molecule has 8 nitrogen and oxygen atoms in total. The van der Waals surface area contributed by atoms with Crippen molar-refractivity contribution in [3.8, 4) is 0 Å². The Labute approximate surface area is 184 Å². The lowest BCUT2D eigenvalue weighted by Gasteiger charge is -2.32. The first kappa shape index (κ1) is 22.4. The van der Waals surface area contributed by atoms with Crippen molar-refractivity contribution >= 4 is 46.9 Å². The Hall–Kier alpha value is -2.32. The average Bonchev–Trinajstić information content (AvgIpc) is 3.15. The topological polar surface area (TPSA) is 88.5 Å². The molecule has 0 saturated carbocycles. The number of halogens is 2. The molecule has 10 heteroatoms. The lowest BCUT2D eigenvalue weighted by atomic mass is 9.93. The number of nitrogens with zero attached hydrogens (tertiary/aromatic N) is 3. The number of carbonyl (C=O) groups is 3. The van der Waals surface area contributed by atoms with Gasteiger partial charge in [0.15, 0.2) is 5.71 Å². The number of ether oxygens (including phenoxy) is 1. The summed E-state index contributed by atoms with van der Waals surface area (Å²) in [4.78, 5) is 43.3. The molecule has 0 spiro atoms. The SMILES string of the molecule is CN(CCC1CCN(C(=O)OCc2cc(Cl)cc(Cl)c2)CC1)C(=O)C1=NOC(=O)C1. The second kappa shape index (κ2) is 10.1. The third-order valence-electron chi connectivity index (χ3n) is 5.19. The van der Waals surface area contributed by atoms with Crippen LogP contribution >= 0.6 is 23.2 Å². The van der Waals surface area contributed by atoms with E-state index in [1.54, 1.807) is 35.0 Å². The van der Waals surface area contributed by atoms with E-state index < -0.39 is 5.97 Å². The van der Waals surface area contributed by atoms with Gasteiger partial charge in [-0.25, -0.2) is 9.59 Å². The summed E-state index contributed by atoms with van der Waals surface area (Å²) in [6, 6.07) is 5.05. The summed E-state index contributed by atoms with van der Waals surface area (Å²) in [5.41, 5.74) is 0.878. The average molecular weight is 456 g/mol. The van der Waals surface area contributed by atoms with E-state index in [0.29, 0.717) is 35.6 Å². The maximum absolute atomic E-state index is 12.3. The molecule has 2 aliphatic rings. The quantitative estimate of drug-likeness (QED) is 0.612. The van der Waals surface area contributed by atoms with Gasteiger partial charge in [0.1, 0.15) is 6.61 Å². The predicted molar refractivity (Wildman–Crippen MR) is 111 cm³/mol. The molecule has 1 fully saturated rings. The summed E-state index contributed by atoms with van der Waals surface area (Å²) in [7, 11) is 1.68. The van der Waals surface area contributed by atoms with E-state index in [-0.39, 0.29) is 30.7 Å². The summed E-state index contributed by atoms with van der Waals surface area (Å²) in [6.07, 6.45) is 2.05. The third-order valence-corrected chi connectivity index (χ3v) is 5.63. The molecule has 0 aromatic heterocycles. The van der Waals surface area contributed by atoms with Gasteiger partial charge in [-0.3, -0.25) is 4.79 Å². The van der Waals surface area contributed by atoms with E-state index in [2.05, 4.69) is 9.99 Å². The highest BCUT2D eigenvalue weighted by atomic mass is 35.5. The van der Waals surface area contributed by atoms with Gasteiger partial charge in [-0.2, -0.15) is 0 Å². The molecule has 1 aromatic rings. The number of rotatable bonds is 6. The first-order chi connectivity index (χ1) is 14.3. The predicted octanol–water partition coefficient (Wildman–Crippen LogP) is 3.49. The standard InChI is InChI=1S/C20H23Cl2N3O5/c1-24(19(27)17-11-18(26)30-23-17)5-2-13-3-6-25(7-4-13)20(28)29-12-14-8-15(21)10-16(22)9-14/h8-10,13H,2-7,11-12H2,1H3. The van der Waals surface area contributed by atoms with Gasteiger partial charge in [-0.15, -0.1) is 0 Å². The lowest BCUT2D eigenvalue weighted by Crippen LogP contribution is -2.40. The zero-order valence-electron chi connectivity index (χ0n) is 16.6. The van der Waals surface area contributed by atoms with Crippen LogP contribution in [-0.4, -0.2) is 60.2 Å². The number of benzene rings is 1. The van der Waals surface area contributed by atoms with Crippen molar-refractivity contribution in [2.75, 3.05) is 26.7 Å². The second-order valence-electron chi connectivity index (χ2n) is 7.46. The van der Waals surface area contributed by atoms with Crippen LogP contribution < -0.4 is 0 Å². The minimum atomic E-state index is -0.510. The number of carbonyl (C=O) groups excluding carboxylic acids is 3. The van der Waals surface area contributed by atoms with Gasteiger partial charge in [0.2, 0.25) is 0 Å². The Kier molecular flexibility index (Phi) is 7.55. The van der Waals surface area contributed by atoms with Crippen LogP contribution in [0.15, 0.2) is 23.4 Å². The largest absolute Gasteiger partial charge is 0.445 e. The summed E-state index contributed by atoms with van der Waals surface area (Å²) in [6.45, 7) is 1.87. The molecular weight excluding hydrogens is 433 g/mol. The van der Waals surface area contributed by atoms with Crippen LogP contribution in [0, 0.1) is 5.92 Å². The normalized spacial score (nSPS) is 16.8. The summed E-state index contributed by atoms with van der Waals surface area (Å²) in [5.74, 6) is -0.396. The van der Waals surface area contributed by atoms with Crippen LogP contribution in [-0.2, 0) is 25.8 Å². The molecular formula is C20H23Cl2N3O5. The van der Waals surface area contributed by atoms with E-state index in [1.165, 1.54) is 0 Å². The van der Waals surface area contributed by atoms with Gasteiger partial charge in [-0.1, -0.05) is 28.4 Å². The number of oxime groups is 1. The number of hydrogen-bond donors (Lipinski definition) is 0. The highest BCUT2D eigenvalue weighted by Crippen LogP contribution is 2.23. The second-order valence-corrected chi connectivity index (χ2v) is 8.33. The highest BCUT2D eigenvalue weighted by molar-refractivity contribution is 6.42. The molecule has 0 radical (unpaired) electrons. The van der Waals surface area contributed by atoms with Crippen LogP contribution in [0.3, 0.4) is 0 Å². The molecule has 0 unspecified atom stereocenters. The van der Waals surface area contributed by atoms with Gasteiger partial charge >= 0.3 is 12.1 Å². The fourth-order valence-electron chi connectivity index (χ4n) is 3.45. The first-order valence-electron chi connectivity index (χ1n) is 9.70. The maximum atomic E-state index is 12.3. The van der Waals surface area contributed by atoms with Crippen molar-refractivity contribution in [2.24, 2.45) is 11.1 Å². The van der Waals surface area contributed by atoms with Crippen LogP contribution in [0.1, 0.15) is 31.2 Å². The van der Waals surface area contributed by atoms with Crippen molar-refractivity contribution in [3.05, 3.63) is 33.8 Å². The van der Waals surface area contributed by atoms with E-state index in [9.17, 15) is 14.4 Å². The minimum absolute atomic E-state index is 0.0783. The molecule has 0 N–H and O–H groups in total. The van der Waals surface area contributed by atoms with Crippen molar-refractivity contribution in [3.63, 3.8) is 0 Å². The Morgan fingerprint density at radius 2 is 1.90 bits per heavy atom. The molecule has 0 atom stereocenters. The van der Waals surface area contributed by atoms with Crippen LogP contribution in [0.4, 0.5) is 4.79 Å². The van der Waals surface area contributed by atoms with Crippen LogP contribution in [0.25, 0.3) is 0 Å². The van der Waals surface area contributed by atoms with E-state index >= 15 is 0 Å². The zero-order valence-corrected chi connectivity index (χ0v) is 18.1. The van der Waals surface area contributed by atoms with Crippen molar-refractivity contribution in [1.82, 2.24) is 9.80 Å². The maximum Gasteiger partial charge on any atom is 0.410 e. The number of hydrogen-bond acceptors (Lipinski definition) is 6. The molecule has 2 heterocycles. The van der Waals surface area contributed by atoms with E-state index in [1.807, 2.05) is 0 Å². The molecule has 0 aliphatic carbocycles. The fourth-order valence-corrected chi connectivity index (χ4v) is 4.03. The Morgan fingerprint density at radius 1 is 1.23 bits per heavy atom. The Bertz CT molecular complexity index is 833. The van der Waals surface area contributed by atoms with Gasteiger partial charge in [0.25, 0.3) is 5.91 Å². The van der Waals surface area contributed by atoms with Gasteiger partial charge in [-0.05, 0) is 48.9 Å². The Balaban J connectivity index is 1.37. The van der Waals surface area contributed by atoms with Crippen molar-refractivity contribution < 1.29 is 24.0 Å². The smallest absolute Gasteiger partial charge is 0.410 e. The molecule has 1 aromatic carbocycles. The molecule has 0 bridgehead atoms. The van der Waals surface area contributed by atoms with Gasteiger partial charge in [0, 0.05) is 36.7 Å². The molecule has 3 rings (SSSR count). The highest BCUT2D eigenvalue weighted by Gasteiger charge is 2.28. The Morgan fingerprint density at radius 3 is 2.50 bits per heavy atom. The third kappa shape index (κ3) is 6.09. The number of likely N-dealkylation sites (tertiary alicyclic amines) is 1. The molecule has 2 amide bonds. The van der Waals surface area contributed by atoms with Gasteiger partial charge in [0.05, 0.1) is 6.42 Å². The lowest BCUT2D eigenvalue weighted by molar-refractivity contribution is -0.140. The molecule has 2 aliphatic heterocycles. The summed E-state index contributed by atoms with van der Waals surface area (Å²) < 4.78 is 5.37. The van der Waals surface area contributed by atoms with E-state index in [0.717, 1.165) is 24.8 Å².